The molecular formula is C19H23N3O2. The van der Waals surface area contributed by atoms with Gasteiger partial charge in [-0.15, -0.1) is 0 Å². The predicted molar refractivity (Wildman–Crippen MR) is 89.8 cm³/mol. The van der Waals surface area contributed by atoms with Gasteiger partial charge in [0.05, 0.1) is 0 Å². The van der Waals surface area contributed by atoms with Gasteiger partial charge in [-0.05, 0) is 43.2 Å². The van der Waals surface area contributed by atoms with Gasteiger partial charge in [-0.1, -0.05) is 35.8 Å². The summed E-state index contributed by atoms with van der Waals surface area (Å²) in [6.07, 6.45) is 6.93. The summed E-state index contributed by atoms with van der Waals surface area (Å²) in [6.45, 7) is 3.25. The van der Waals surface area contributed by atoms with Crippen LogP contribution in [0.3, 0.4) is 0 Å². The van der Waals surface area contributed by atoms with Crippen molar-refractivity contribution in [2.75, 3.05) is 13.1 Å². The Morgan fingerprint density at radius 2 is 2.04 bits per heavy atom. The van der Waals surface area contributed by atoms with Crippen LogP contribution in [0.5, 0.6) is 0 Å². The molecule has 1 atom stereocenters. The second-order valence-corrected chi connectivity index (χ2v) is 7.11. The molecular weight excluding hydrogens is 302 g/mol. The van der Waals surface area contributed by atoms with Gasteiger partial charge in [0.25, 0.3) is 11.7 Å². The Balaban J connectivity index is 1.66. The van der Waals surface area contributed by atoms with Crippen molar-refractivity contribution in [2.24, 2.45) is 0 Å². The molecule has 1 aliphatic carbocycles. The third-order valence-electron chi connectivity index (χ3n) is 5.52. The van der Waals surface area contributed by atoms with E-state index in [4.69, 9.17) is 4.52 Å². The summed E-state index contributed by atoms with van der Waals surface area (Å²) < 4.78 is 4.98. The van der Waals surface area contributed by atoms with Crippen molar-refractivity contribution < 1.29 is 9.32 Å². The van der Waals surface area contributed by atoms with Crippen LogP contribution in [0.2, 0.25) is 0 Å². The van der Waals surface area contributed by atoms with E-state index in [1.54, 1.807) is 6.92 Å². The third-order valence-corrected chi connectivity index (χ3v) is 5.52. The van der Waals surface area contributed by atoms with Crippen molar-refractivity contribution >= 4 is 5.91 Å². The average Bonchev–Trinajstić information content (AvgIpc) is 2.97. The number of nitrogens with zero attached hydrogens (tertiary/aromatic N) is 3. The Morgan fingerprint density at radius 3 is 2.88 bits per heavy atom. The molecule has 1 aromatic carbocycles. The Hall–Kier alpha value is -2.17. The molecule has 24 heavy (non-hydrogen) atoms. The number of rotatable bonds is 1. The minimum atomic E-state index is -0.104. The van der Waals surface area contributed by atoms with Crippen molar-refractivity contribution in [3.05, 3.63) is 47.1 Å². The lowest BCUT2D eigenvalue weighted by Crippen LogP contribution is -2.49. The molecule has 1 aliphatic heterocycles. The van der Waals surface area contributed by atoms with Crippen LogP contribution in [0, 0.1) is 6.92 Å². The van der Waals surface area contributed by atoms with E-state index in [9.17, 15) is 4.79 Å². The van der Waals surface area contributed by atoms with Crippen LogP contribution < -0.4 is 0 Å². The van der Waals surface area contributed by atoms with Gasteiger partial charge in [-0.3, -0.25) is 4.79 Å². The Labute approximate surface area is 142 Å². The number of hydrogen-bond donors (Lipinski definition) is 0. The number of aryl methyl sites for hydroxylation is 2. The van der Waals surface area contributed by atoms with Crippen LogP contribution >= 0.6 is 0 Å². The molecule has 1 amide bonds. The first-order valence-corrected chi connectivity index (χ1v) is 8.86. The number of benzene rings is 1. The highest BCUT2D eigenvalue weighted by molar-refractivity contribution is 5.90. The van der Waals surface area contributed by atoms with E-state index < -0.39 is 0 Å². The number of piperidine rings is 1. The zero-order valence-electron chi connectivity index (χ0n) is 14.1. The number of likely N-dealkylation sites (tertiary alicyclic amines) is 1. The summed E-state index contributed by atoms with van der Waals surface area (Å²) in [5.41, 5.74) is 2.99. The lowest BCUT2D eigenvalue weighted by molar-refractivity contribution is 0.0610. The number of aromatic nitrogens is 2. The summed E-state index contributed by atoms with van der Waals surface area (Å²) >= 11 is 0. The first-order chi connectivity index (χ1) is 11.7. The van der Waals surface area contributed by atoms with Gasteiger partial charge in [-0.25, -0.2) is 0 Å². The van der Waals surface area contributed by atoms with E-state index in [1.165, 1.54) is 24.0 Å². The standard InChI is InChI=1S/C19H23N3O2/c1-14-20-17(21-24-14)18(23)22-12-6-11-19(13-22)10-5-4-8-15-7-2-3-9-16(15)19/h2-3,7,9H,4-6,8,10-13H2,1H3. The summed E-state index contributed by atoms with van der Waals surface area (Å²) in [5, 5.41) is 3.81. The lowest BCUT2D eigenvalue weighted by atomic mass is 9.70. The van der Waals surface area contributed by atoms with Crippen molar-refractivity contribution in [1.29, 1.82) is 0 Å². The molecule has 0 saturated carbocycles. The van der Waals surface area contributed by atoms with Gasteiger partial charge in [0.1, 0.15) is 0 Å². The van der Waals surface area contributed by atoms with Gasteiger partial charge < -0.3 is 9.42 Å². The Morgan fingerprint density at radius 1 is 1.21 bits per heavy atom. The van der Waals surface area contributed by atoms with Crippen LogP contribution in [0.4, 0.5) is 0 Å². The zero-order chi connectivity index (χ0) is 16.6. The maximum atomic E-state index is 12.8. The molecule has 0 bridgehead atoms. The highest BCUT2D eigenvalue weighted by Crippen LogP contribution is 2.42. The fourth-order valence-corrected chi connectivity index (χ4v) is 4.43. The number of carbonyl (C=O) groups is 1. The van der Waals surface area contributed by atoms with E-state index in [0.717, 1.165) is 38.8 Å². The zero-order valence-corrected chi connectivity index (χ0v) is 14.1. The smallest absolute Gasteiger partial charge is 0.295 e. The molecule has 5 nitrogen and oxygen atoms in total. The number of amides is 1. The Kier molecular flexibility index (Phi) is 3.87. The van der Waals surface area contributed by atoms with Crippen molar-refractivity contribution in [1.82, 2.24) is 15.0 Å². The fourth-order valence-electron chi connectivity index (χ4n) is 4.43. The first kappa shape index (κ1) is 15.4. The maximum Gasteiger partial charge on any atom is 0.295 e. The third kappa shape index (κ3) is 2.62. The van der Waals surface area contributed by atoms with Crippen LogP contribution in [-0.4, -0.2) is 34.0 Å². The summed E-state index contributed by atoms with van der Waals surface area (Å²) in [4.78, 5) is 18.8. The quantitative estimate of drug-likeness (QED) is 0.807. The van der Waals surface area contributed by atoms with Crippen LogP contribution in [0.15, 0.2) is 28.8 Å². The molecule has 1 unspecified atom stereocenters. The summed E-state index contributed by atoms with van der Waals surface area (Å²) in [6, 6.07) is 8.79. The normalized spacial score (nSPS) is 23.8. The Bertz CT molecular complexity index is 755. The van der Waals surface area contributed by atoms with Gasteiger partial charge in [0.2, 0.25) is 5.89 Å². The predicted octanol–water partition coefficient (Wildman–Crippen LogP) is 3.28. The SMILES string of the molecule is Cc1nc(C(=O)N2CCCC3(CCCCc4ccccc43)C2)no1. The molecule has 1 saturated heterocycles. The highest BCUT2D eigenvalue weighted by Gasteiger charge is 2.41. The second kappa shape index (κ2) is 6.04. The van der Waals surface area contributed by atoms with Gasteiger partial charge in [0.15, 0.2) is 0 Å². The monoisotopic (exact) mass is 325 g/mol. The molecule has 4 rings (SSSR count). The van der Waals surface area contributed by atoms with Crippen LogP contribution in [-0.2, 0) is 11.8 Å². The van der Waals surface area contributed by atoms with E-state index in [2.05, 4.69) is 34.4 Å². The molecule has 1 fully saturated rings. The topological polar surface area (TPSA) is 59.2 Å². The molecule has 5 heteroatoms. The minimum absolute atomic E-state index is 0.0831. The molecule has 1 aromatic heterocycles. The van der Waals surface area contributed by atoms with Crippen molar-refractivity contribution in [2.45, 2.75) is 50.9 Å². The molecule has 126 valence electrons. The molecule has 0 radical (unpaired) electrons. The van der Waals surface area contributed by atoms with Crippen LogP contribution in [0.1, 0.15) is 59.7 Å². The van der Waals surface area contributed by atoms with Gasteiger partial charge in [0, 0.05) is 25.4 Å². The molecule has 2 aliphatic rings. The average molecular weight is 325 g/mol. The van der Waals surface area contributed by atoms with Crippen molar-refractivity contribution in [3.8, 4) is 0 Å². The summed E-state index contributed by atoms with van der Waals surface area (Å²) in [5.74, 6) is 0.518. The van der Waals surface area contributed by atoms with E-state index in [1.807, 2.05) is 4.90 Å². The molecule has 2 heterocycles. The molecule has 0 N–H and O–H groups in total. The summed E-state index contributed by atoms with van der Waals surface area (Å²) in [7, 11) is 0. The van der Waals surface area contributed by atoms with E-state index in [0.29, 0.717) is 5.89 Å². The van der Waals surface area contributed by atoms with Crippen molar-refractivity contribution in [3.63, 3.8) is 0 Å². The fraction of sp³-hybridized carbons (Fsp3) is 0.526. The van der Waals surface area contributed by atoms with Gasteiger partial charge in [-0.2, -0.15) is 4.98 Å². The molecule has 1 spiro atoms. The minimum Gasteiger partial charge on any atom is -0.339 e. The van der Waals surface area contributed by atoms with Crippen LogP contribution in [0.25, 0.3) is 0 Å². The van der Waals surface area contributed by atoms with Gasteiger partial charge >= 0.3 is 0 Å². The van der Waals surface area contributed by atoms with E-state index in [-0.39, 0.29) is 17.1 Å². The van der Waals surface area contributed by atoms with E-state index >= 15 is 0 Å². The highest BCUT2D eigenvalue weighted by atomic mass is 16.5. The second-order valence-electron chi connectivity index (χ2n) is 7.11. The number of carbonyl (C=O) groups excluding carboxylic acids is 1. The largest absolute Gasteiger partial charge is 0.339 e. The number of fused-ring (bicyclic) bond motifs is 2. The maximum absolute atomic E-state index is 12.8. The number of hydrogen-bond acceptors (Lipinski definition) is 4. The lowest BCUT2D eigenvalue weighted by Gasteiger charge is -2.43. The first-order valence-electron chi connectivity index (χ1n) is 8.86. The molecule has 2 aromatic rings.